The highest BCUT2D eigenvalue weighted by molar-refractivity contribution is 5.53. The van der Waals surface area contributed by atoms with Crippen LogP contribution in [0, 0.1) is 13.8 Å². The molecule has 6 nitrogen and oxygen atoms in total. The second kappa shape index (κ2) is 6.49. The third-order valence-electron chi connectivity index (χ3n) is 4.06. The van der Waals surface area contributed by atoms with Crippen LogP contribution in [0.4, 0.5) is 0 Å². The normalized spacial score (nSPS) is 11.3. The van der Waals surface area contributed by atoms with E-state index < -0.39 is 0 Å². The fourth-order valence-corrected chi connectivity index (χ4v) is 2.85. The summed E-state index contributed by atoms with van der Waals surface area (Å²) in [6.45, 7) is 5.32. The van der Waals surface area contributed by atoms with E-state index in [4.69, 9.17) is 4.42 Å². The Bertz CT molecular complexity index is 1020. The molecule has 4 rings (SSSR count). The molecule has 0 aliphatic heterocycles. The topological polar surface area (TPSA) is 68.2 Å². The van der Waals surface area contributed by atoms with Crippen LogP contribution in [-0.2, 0) is 13.1 Å². The molecular formula is C19H19N5O. The molecule has 0 fully saturated rings. The van der Waals surface area contributed by atoms with E-state index in [9.17, 15) is 0 Å². The summed E-state index contributed by atoms with van der Waals surface area (Å²) in [5.74, 6) is 1.12. The van der Waals surface area contributed by atoms with Crippen LogP contribution >= 0.6 is 0 Å². The average molecular weight is 333 g/mol. The number of nitrogens with zero attached hydrogens (tertiary/aromatic N) is 4. The van der Waals surface area contributed by atoms with Crippen molar-refractivity contribution in [3.63, 3.8) is 0 Å². The Kier molecular flexibility index (Phi) is 4.03. The molecule has 0 aliphatic rings. The van der Waals surface area contributed by atoms with E-state index in [2.05, 4.69) is 56.2 Å². The maximum absolute atomic E-state index is 5.49. The number of fused-ring (bicyclic) bond motifs is 1. The van der Waals surface area contributed by atoms with Gasteiger partial charge in [-0.2, -0.15) is 0 Å². The molecule has 0 aliphatic carbocycles. The van der Waals surface area contributed by atoms with Gasteiger partial charge in [0.2, 0.25) is 11.8 Å². The predicted molar refractivity (Wildman–Crippen MR) is 94.9 cm³/mol. The van der Waals surface area contributed by atoms with Crippen LogP contribution in [0.1, 0.15) is 22.7 Å². The molecule has 0 amide bonds. The first-order valence-electron chi connectivity index (χ1n) is 8.22. The molecule has 0 radical (unpaired) electrons. The molecule has 6 heteroatoms. The van der Waals surface area contributed by atoms with E-state index in [1.54, 1.807) is 6.92 Å². The molecular weight excluding hydrogens is 314 g/mol. The Morgan fingerprint density at radius 2 is 2.00 bits per heavy atom. The van der Waals surface area contributed by atoms with Crippen molar-refractivity contribution in [2.75, 3.05) is 0 Å². The van der Waals surface area contributed by atoms with Gasteiger partial charge in [-0.1, -0.05) is 18.2 Å². The SMILES string of the molecule is Cc1nnc(-c2cccc(CNCc3cn4cccc(C)c4n3)c2)o1. The van der Waals surface area contributed by atoms with Crippen molar-refractivity contribution >= 4 is 5.65 Å². The summed E-state index contributed by atoms with van der Waals surface area (Å²) >= 11 is 0. The lowest BCUT2D eigenvalue weighted by Crippen LogP contribution is -2.12. The molecule has 3 heterocycles. The molecule has 3 aromatic heterocycles. The minimum Gasteiger partial charge on any atom is -0.421 e. The summed E-state index contributed by atoms with van der Waals surface area (Å²) in [4.78, 5) is 4.68. The minimum atomic E-state index is 0.551. The molecule has 0 saturated carbocycles. The predicted octanol–water partition coefficient (Wildman–Crippen LogP) is 3.29. The van der Waals surface area contributed by atoms with Crippen LogP contribution in [-0.4, -0.2) is 19.6 Å². The van der Waals surface area contributed by atoms with Crippen molar-refractivity contribution in [3.8, 4) is 11.5 Å². The van der Waals surface area contributed by atoms with Gasteiger partial charge in [0.05, 0.1) is 5.69 Å². The standard InChI is InChI=1S/C19H19N5O/c1-13-5-4-8-24-12-17(21-18(13)24)11-20-10-15-6-3-7-16(9-15)19-23-22-14(2)25-19/h3-9,12,20H,10-11H2,1-2H3. The van der Waals surface area contributed by atoms with Crippen molar-refractivity contribution in [2.24, 2.45) is 0 Å². The third-order valence-corrected chi connectivity index (χ3v) is 4.06. The summed E-state index contributed by atoms with van der Waals surface area (Å²) in [6, 6.07) is 12.2. The van der Waals surface area contributed by atoms with E-state index >= 15 is 0 Å². The van der Waals surface area contributed by atoms with Crippen LogP contribution in [0.3, 0.4) is 0 Å². The van der Waals surface area contributed by atoms with Gasteiger partial charge in [0.25, 0.3) is 0 Å². The number of aryl methyl sites for hydroxylation is 2. The van der Waals surface area contributed by atoms with E-state index in [0.717, 1.165) is 29.0 Å². The number of benzene rings is 1. The van der Waals surface area contributed by atoms with Gasteiger partial charge in [-0.05, 0) is 36.2 Å². The van der Waals surface area contributed by atoms with Gasteiger partial charge in [-0.15, -0.1) is 10.2 Å². The second-order valence-corrected chi connectivity index (χ2v) is 6.08. The van der Waals surface area contributed by atoms with Crippen molar-refractivity contribution in [3.05, 3.63) is 71.5 Å². The Labute approximate surface area is 145 Å². The number of aromatic nitrogens is 4. The van der Waals surface area contributed by atoms with E-state index in [1.807, 2.05) is 24.4 Å². The molecule has 126 valence electrons. The third kappa shape index (κ3) is 3.29. The van der Waals surface area contributed by atoms with E-state index in [0.29, 0.717) is 18.3 Å². The minimum absolute atomic E-state index is 0.551. The van der Waals surface area contributed by atoms with Crippen LogP contribution in [0.15, 0.2) is 53.2 Å². The van der Waals surface area contributed by atoms with Crippen LogP contribution in [0.25, 0.3) is 17.1 Å². The highest BCUT2D eigenvalue weighted by atomic mass is 16.4. The summed E-state index contributed by atoms with van der Waals surface area (Å²) in [6.07, 6.45) is 4.08. The van der Waals surface area contributed by atoms with Gasteiger partial charge in [0, 0.05) is 38.0 Å². The highest BCUT2D eigenvalue weighted by Crippen LogP contribution is 2.19. The first kappa shape index (κ1) is 15.5. The van der Waals surface area contributed by atoms with Gasteiger partial charge >= 0.3 is 0 Å². The first-order chi connectivity index (χ1) is 12.2. The van der Waals surface area contributed by atoms with Crippen LogP contribution in [0.5, 0.6) is 0 Å². The van der Waals surface area contributed by atoms with Crippen molar-refractivity contribution in [1.29, 1.82) is 0 Å². The van der Waals surface area contributed by atoms with Crippen molar-refractivity contribution in [2.45, 2.75) is 26.9 Å². The summed E-state index contributed by atoms with van der Waals surface area (Å²) < 4.78 is 7.55. The smallest absolute Gasteiger partial charge is 0.247 e. The van der Waals surface area contributed by atoms with Gasteiger partial charge in [0.15, 0.2) is 0 Å². The summed E-state index contributed by atoms with van der Waals surface area (Å²) in [7, 11) is 0. The molecule has 0 spiro atoms. The number of hydrogen-bond donors (Lipinski definition) is 1. The molecule has 1 aromatic carbocycles. The maximum Gasteiger partial charge on any atom is 0.247 e. The van der Waals surface area contributed by atoms with Crippen molar-refractivity contribution < 1.29 is 4.42 Å². The Balaban J connectivity index is 1.43. The molecule has 0 atom stereocenters. The van der Waals surface area contributed by atoms with Crippen LogP contribution < -0.4 is 5.32 Å². The quantitative estimate of drug-likeness (QED) is 0.607. The molecule has 0 bridgehead atoms. The summed E-state index contributed by atoms with van der Waals surface area (Å²) in [5.41, 5.74) is 5.30. The lowest BCUT2D eigenvalue weighted by atomic mass is 10.1. The lowest BCUT2D eigenvalue weighted by Gasteiger charge is -2.04. The average Bonchev–Trinajstić information content (AvgIpc) is 3.22. The number of imidazole rings is 1. The number of rotatable bonds is 5. The number of hydrogen-bond acceptors (Lipinski definition) is 5. The van der Waals surface area contributed by atoms with Crippen LogP contribution in [0.2, 0.25) is 0 Å². The molecule has 25 heavy (non-hydrogen) atoms. The Morgan fingerprint density at radius 3 is 2.80 bits per heavy atom. The maximum atomic E-state index is 5.49. The zero-order chi connectivity index (χ0) is 17.2. The van der Waals surface area contributed by atoms with Gasteiger partial charge in [-0.25, -0.2) is 4.98 Å². The van der Waals surface area contributed by atoms with Crippen molar-refractivity contribution in [1.82, 2.24) is 24.9 Å². The fraction of sp³-hybridized carbons (Fsp3) is 0.211. The second-order valence-electron chi connectivity index (χ2n) is 6.08. The fourth-order valence-electron chi connectivity index (χ4n) is 2.85. The Morgan fingerprint density at radius 1 is 1.08 bits per heavy atom. The Hall–Kier alpha value is -2.99. The largest absolute Gasteiger partial charge is 0.421 e. The first-order valence-corrected chi connectivity index (χ1v) is 8.22. The van der Waals surface area contributed by atoms with Gasteiger partial charge in [0.1, 0.15) is 5.65 Å². The molecule has 1 N–H and O–H groups in total. The van der Waals surface area contributed by atoms with Gasteiger partial charge < -0.3 is 14.1 Å². The van der Waals surface area contributed by atoms with E-state index in [1.165, 1.54) is 5.56 Å². The number of nitrogens with one attached hydrogen (secondary N) is 1. The van der Waals surface area contributed by atoms with Gasteiger partial charge in [-0.3, -0.25) is 0 Å². The number of pyridine rings is 1. The molecule has 0 unspecified atom stereocenters. The zero-order valence-corrected chi connectivity index (χ0v) is 14.2. The zero-order valence-electron chi connectivity index (χ0n) is 14.2. The molecule has 0 saturated heterocycles. The van der Waals surface area contributed by atoms with E-state index in [-0.39, 0.29) is 0 Å². The summed E-state index contributed by atoms with van der Waals surface area (Å²) in [5, 5.41) is 11.4. The monoisotopic (exact) mass is 333 g/mol. The molecule has 4 aromatic rings. The highest BCUT2D eigenvalue weighted by Gasteiger charge is 2.07. The lowest BCUT2D eigenvalue weighted by molar-refractivity contribution is 0.532.